The van der Waals surface area contributed by atoms with Gasteiger partial charge in [-0.15, -0.1) is 0 Å². The van der Waals surface area contributed by atoms with Gasteiger partial charge in [0.25, 0.3) is 0 Å². The first-order chi connectivity index (χ1) is 16.0. The molecule has 0 aromatic heterocycles. The van der Waals surface area contributed by atoms with Crippen LogP contribution in [0.1, 0.15) is 39.5 Å². The number of carboxylic acids is 1. The van der Waals surface area contributed by atoms with Gasteiger partial charge in [0, 0.05) is 12.3 Å². The number of aliphatic imine (C=N–C) groups is 1. The molecule has 0 fully saturated rings. The second-order valence-corrected chi connectivity index (χ2v) is 9.20. The number of rotatable bonds is 17. The van der Waals surface area contributed by atoms with Crippen molar-refractivity contribution in [2.24, 2.45) is 28.1 Å². The van der Waals surface area contributed by atoms with Crippen molar-refractivity contribution < 1.29 is 24.3 Å². The molecule has 0 aromatic rings. The van der Waals surface area contributed by atoms with Crippen molar-refractivity contribution >= 4 is 54.0 Å². The number of nitrogens with zero attached hydrogens (tertiary/aromatic N) is 1. The Morgan fingerprint density at radius 1 is 1.03 bits per heavy atom. The van der Waals surface area contributed by atoms with Gasteiger partial charge in [0.05, 0.1) is 6.04 Å². The molecule has 34 heavy (non-hydrogen) atoms. The molecule has 0 saturated heterocycles. The number of thioether (sulfide) groups is 1. The van der Waals surface area contributed by atoms with Gasteiger partial charge in [-0.2, -0.15) is 24.4 Å². The first kappa shape index (κ1) is 31.8. The van der Waals surface area contributed by atoms with Gasteiger partial charge in [-0.25, -0.2) is 4.79 Å². The number of carboxylic acid groups (broad SMARTS) is 1. The fourth-order valence-electron chi connectivity index (χ4n) is 2.84. The zero-order valence-electron chi connectivity index (χ0n) is 20.0. The first-order valence-corrected chi connectivity index (χ1v) is 13.1. The van der Waals surface area contributed by atoms with Crippen molar-refractivity contribution in [3.05, 3.63) is 0 Å². The molecule has 0 saturated carbocycles. The SMILES string of the molecule is CCC(C)C(NC(=O)C(CCCN=C(N)N)NC(=O)C(N)CS)C(=O)NC(CCSC)C(=O)O. The second-order valence-electron chi connectivity index (χ2n) is 7.85. The van der Waals surface area contributed by atoms with Crippen LogP contribution in [0.3, 0.4) is 0 Å². The number of aliphatic carboxylic acids is 1. The summed E-state index contributed by atoms with van der Waals surface area (Å²) in [4.78, 5) is 53.7. The minimum absolute atomic E-state index is 0.0820. The van der Waals surface area contributed by atoms with Crippen molar-refractivity contribution in [3.63, 3.8) is 0 Å². The van der Waals surface area contributed by atoms with Gasteiger partial charge < -0.3 is 38.3 Å². The Morgan fingerprint density at radius 2 is 1.65 bits per heavy atom. The lowest BCUT2D eigenvalue weighted by atomic mass is 9.97. The molecular weight excluding hydrogens is 482 g/mol. The van der Waals surface area contributed by atoms with Gasteiger partial charge >= 0.3 is 5.97 Å². The predicted octanol–water partition coefficient (Wildman–Crippen LogP) is -1.36. The highest BCUT2D eigenvalue weighted by Gasteiger charge is 2.32. The number of thiol groups is 1. The molecule has 12 nitrogen and oxygen atoms in total. The summed E-state index contributed by atoms with van der Waals surface area (Å²) >= 11 is 5.46. The number of amides is 3. The summed E-state index contributed by atoms with van der Waals surface area (Å²) in [7, 11) is 0. The summed E-state index contributed by atoms with van der Waals surface area (Å²) in [5, 5.41) is 17.2. The average molecular weight is 522 g/mol. The minimum Gasteiger partial charge on any atom is -0.480 e. The molecule has 10 N–H and O–H groups in total. The monoisotopic (exact) mass is 521 g/mol. The van der Waals surface area contributed by atoms with Gasteiger partial charge in [0.15, 0.2) is 5.96 Å². The molecule has 0 rings (SSSR count). The number of guanidine groups is 1. The number of carbonyl (C=O) groups is 4. The maximum Gasteiger partial charge on any atom is 0.326 e. The summed E-state index contributed by atoms with van der Waals surface area (Å²) in [6.45, 7) is 3.86. The van der Waals surface area contributed by atoms with Crippen LogP contribution in [0.25, 0.3) is 0 Å². The van der Waals surface area contributed by atoms with Gasteiger partial charge in [0.1, 0.15) is 18.1 Å². The van der Waals surface area contributed by atoms with Crippen molar-refractivity contribution in [1.29, 1.82) is 0 Å². The highest BCUT2D eigenvalue weighted by atomic mass is 32.2. The summed E-state index contributed by atoms with van der Waals surface area (Å²) in [6, 6.07) is -3.99. The summed E-state index contributed by atoms with van der Waals surface area (Å²) in [6.07, 6.45) is 3.20. The van der Waals surface area contributed by atoms with E-state index in [1.807, 2.05) is 13.2 Å². The molecule has 0 heterocycles. The Kier molecular flexibility index (Phi) is 16.2. The highest BCUT2D eigenvalue weighted by Crippen LogP contribution is 2.11. The summed E-state index contributed by atoms with van der Waals surface area (Å²) in [5.74, 6) is -2.67. The molecule has 0 radical (unpaired) electrons. The lowest BCUT2D eigenvalue weighted by Crippen LogP contribution is -2.58. The molecule has 5 unspecified atom stereocenters. The Morgan fingerprint density at radius 3 is 2.15 bits per heavy atom. The van der Waals surface area contributed by atoms with E-state index in [-0.39, 0.29) is 37.0 Å². The van der Waals surface area contributed by atoms with Crippen molar-refractivity contribution in [1.82, 2.24) is 16.0 Å². The molecule has 0 aromatic carbocycles. The Labute approximate surface area is 210 Å². The predicted molar refractivity (Wildman–Crippen MR) is 138 cm³/mol. The van der Waals surface area contributed by atoms with Crippen LogP contribution in [0.4, 0.5) is 0 Å². The smallest absolute Gasteiger partial charge is 0.326 e. The van der Waals surface area contributed by atoms with Crippen LogP contribution < -0.4 is 33.2 Å². The fourth-order valence-corrected chi connectivity index (χ4v) is 3.48. The van der Waals surface area contributed by atoms with Crippen LogP contribution in [-0.4, -0.2) is 83.2 Å². The van der Waals surface area contributed by atoms with Crippen LogP contribution in [0.5, 0.6) is 0 Å². The number of nitrogens with one attached hydrogen (secondary N) is 3. The molecule has 0 spiro atoms. The average Bonchev–Trinajstić information content (AvgIpc) is 2.79. The molecule has 0 aliphatic rings. The number of hydrogen-bond acceptors (Lipinski definition) is 8. The molecule has 14 heteroatoms. The lowest BCUT2D eigenvalue weighted by Gasteiger charge is -2.28. The van der Waals surface area contributed by atoms with E-state index in [2.05, 4.69) is 33.6 Å². The Bertz CT molecular complexity index is 707. The van der Waals surface area contributed by atoms with E-state index in [0.29, 0.717) is 18.6 Å². The maximum absolute atomic E-state index is 13.1. The van der Waals surface area contributed by atoms with Crippen molar-refractivity contribution in [3.8, 4) is 0 Å². The Hall–Kier alpha value is -2.19. The van der Waals surface area contributed by atoms with E-state index in [0.717, 1.165) is 0 Å². The van der Waals surface area contributed by atoms with E-state index in [1.165, 1.54) is 11.8 Å². The molecule has 0 aliphatic heterocycles. The normalized spacial score (nSPS) is 15.2. The fraction of sp³-hybridized carbons (Fsp3) is 0.750. The van der Waals surface area contributed by atoms with Gasteiger partial charge in [-0.3, -0.25) is 19.4 Å². The van der Waals surface area contributed by atoms with Crippen LogP contribution in [0, 0.1) is 5.92 Å². The summed E-state index contributed by atoms with van der Waals surface area (Å²) < 4.78 is 0. The van der Waals surface area contributed by atoms with E-state index in [1.54, 1.807) is 6.92 Å². The maximum atomic E-state index is 13.1. The number of hydrogen-bond donors (Lipinski definition) is 8. The van der Waals surface area contributed by atoms with Crippen molar-refractivity contribution in [2.75, 3.05) is 24.3 Å². The number of carbonyl (C=O) groups excluding carboxylic acids is 3. The minimum atomic E-state index is -1.15. The molecule has 0 bridgehead atoms. The molecule has 5 atom stereocenters. The molecule has 0 aliphatic carbocycles. The van der Waals surface area contributed by atoms with Gasteiger partial charge in [-0.1, -0.05) is 20.3 Å². The third kappa shape index (κ3) is 12.3. The largest absolute Gasteiger partial charge is 0.480 e. The molecule has 196 valence electrons. The highest BCUT2D eigenvalue weighted by molar-refractivity contribution is 7.98. The quantitative estimate of drug-likeness (QED) is 0.0490. The first-order valence-electron chi connectivity index (χ1n) is 11.0. The van der Waals surface area contributed by atoms with Crippen molar-refractivity contribution in [2.45, 2.75) is 63.7 Å². The van der Waals surface area contributed by atoms with Gasteiger partial charge in [0.2, 0.25) is 17.7 Å². The van der Waals surface area contributed by atoms with E-state index < -0.39 is 47.9 Å². The zero-order valence-corrected chi connectivity index (χ0v) is 21.7. The van der Waals surface area contributed by atoms with E-state index in [4.69, 9.17) is 17.2 Å². The standard InChI is InChI=1S/C20H39N7O5S2/c1-4-11(2)15(18(30)26-14(19(31)32)7-9-34-3)27-17(29)13(6-5-8-24-20(22)23)25-16(28)12(21)10-33/h11-15,33H,4-10,21H2,1-3H3,(H,25,28)(H,26,30)(H,27,29)(H,31,32)(H4,22,23,24). The topological polar surface area (TPSA) is 215 Å². The van der Waals surface area contributed by atoms with Crippen LogP contribution >= 0.6 is 24.4 Å². The summed E-state index contributed by atoms with van der Waals surface area (Å²) in [5.41, 5.74) is 16.3. The molecule has 3 amide bonds. The second kappa shape index (κ2) is 17.3. The van der Waals surface area contributed by atoms with Crippen LogP contribution in [0.2, 0.25) is 0 Å². The molecular formula is C20H39N7O5S2. The van der Waals surface area contributed by atoms with E-state index in [9.17, 15) is 24.3 Å². The third-order valence-corrected chi connectivity index (χ3v) is 6.17. The lowest BCUT2D eigenvalue weighted by molar-refractivity contribution is -0.142. The van der Waals surface area contributed by atoms with Crippen LogP contribution in [-0.2, 0) is 19.2 Å². The zero-order chi connectivity index (χ0) is 26.3. The van der Waals surface area contributed by atoms with Gasteiger partial charge in [-0.05, 0) is 37.2 Å². The third-order valence-electron chi connectivity index (χ3n) is 5.13. The van der Waals surface area contributed by atoms with Crippen LogP contribution in [0.15, 0.2) is 4.99 Å². The van der Waals surface area contributed by atoms with E-state index >= 15 is 0 Å². The Balaban J connectivity index is 5.54. The number of nitrogens with two attached hydrogens (primary N) is 3.